The summed E-state index contributed by atoms with van der Waals surface area (Å²) in [5.41, 5.74) is 0.386. The minimum atomic E-state index is -0.221. The second-order valence-corrected chi connectivity index (χ2v) is 4.49. The first-order valence-electron chi connectivity index (χ1n) is 5.56. The van der Waals surface area contributed by atoms with Crippen LogP contribution in [-0.4, -0.2) is 33.2 Å². The van der Waals surface area contributed by atoms with E-state index >= 15 is 0 Å². The van der Waals surface area contributed by atoms with E-state index in [9.17, 15) is 4.79 Å². The highest BCUT2D eigenvalue weighted by Crippen LogP contribution is 2.30. The smallest absolute Gasteiger partial charge is 0.255 e. The van der Waals surface area contributed by atoms with E-state index in [1.165, 1.54) is 19.2 Å². The van der Waals surface area contributed by atoms with Crippen LogP contribution in [-0.2, 0) is 0 Å². The molecule has 0 bridgehead atoms. The maximum atomic E-state index is 11.9. The number of benzene rings is 1. The predicted molar refractivity (Wildman–Crippen MR) is 81.1 cm³/mol. The van der Waals surface area contributed by atoms with Crippen LogP contribution in [0.3, 0.4) is 0 Å². The molecular formula is C12H17Cl3N2O2. The molecule has 108 valence electrons. The van der Waals surface area contributed by atoms with Crippen molar-refractivity contribution < 1.29 is 9.53 Å². The maximum Gasteiger partial charge on any atom is 0.255 e. The molecule has 0 aliphatic rings. The number of hydrogen-bond donors (Lipinski definition) is 2. The Morgan fingerprint density at radius 2 is 1.89 bits per heavy atom. The Kier molecular flexibility index (Phi) is 8.93. The number of halogens is 3. The first kappa shape index (κ1) is 18.3. The molecule has 0 atom stereocenters. The van der Waals surface area contributed by atoms with E-state index in [0.29, 0.717) is 27.9 Å². The molecule has 1 rings (SSSR count). The van der Waals surface area contributed by atoms with Crippen LogP contribution in [0.25, 0.3) is 0 Å². The van der Waals surface area contributed by atoms with Crippen molar-refractivity contribution in [2.75, 3.05) is 27.2 Å². The van der Waals surface area contributed by atoms with Crippen LogP contribution in [0.2, 0.25) is 10.0 Å². The lowest BCUT2D eigenvalue weighted by Crippen LogP contribution is -2.27. The number of methoxy groups -OCH3 is 1. The summed E-state index contributed by atoms with van der Waals surface area (Å²) >= 11 is 11.8. The van der Waals surface area contributed by atoms with Crippen LogP contribution < -0.4 is 15.4 Å². The third-order valence-electron chi connectivity index (χ3n) is 2.38. The number of ether oxygens (including phenoxy) is 1. The maximum absolute atomic E-state index is 11.9. The lowest BCUT2D eigenvalue weighted by Gasteiger charge is -2.10. The molecular weight excluding hydrogens is 311 g/mol. The second kappa shape index (κ2) is 9.26. The minimum absolute atomic E-state index is 0. The third-order valence-corrected chi connectivity index (χ3v) is 3.10. The van der Waals surface area contributed by atoms with Crippen LogP contribution in [0.4, 0.5) is 0 Å². The molecule has 0 fully saturated rings. The topological polar surface area (TPSA) is 50.4 Å². The van der Waals surface area contributed by atoms with Gasteiger partial charge in [0.05, 0.1) is 22.7 Å². The second-order valence-electron chi connectivity index (χ2n) is 3.68. The lowest BCUT2D eigenvalue weighted by molar-refractivity contribution is 0.0950. The number of carbonyl (C=O) groups excluding carboxylic acids is 1. The molecule has 0 saturated heterocycles. The molecule has 0 saturated carbocycles. The molecule has 2 N–H and O–H groups in total. The fourth-order valence-electron chi connectivity index (χ4n) is 1.44. The van der Waals surface area contributed by atoms with E-state index < -0.39 is 0 Å². The van der Waals surface area contributed by atoms with Crippen molar-refractivity contribution in [1.29, 1.82) is 0 Å². The molecule has 1 amide bonds. The molecule has 0 aromatic heterocycles. The van der Waals surface area contributed by atoms with E-state index in [1.54, 1.807) is 0 Å². The van der Waals surface area contributed by atoms with Gasteiger partial charge in [0.15, 0.2) is 0 Å². The summed E-state index contributed by atoms with van der Waals surface area (Å²) in [7, 11) is 3.35. The molecule has 0 aliphatic heterocycles. The molecule has 1 aromatic carbocycles. The van der Waals surface area contributed by atoms with Gasteiger partial charge in [0, 0.05) is 12.6 Å². The predicted octanol–water partition coefficient (Wildman–Crippen LogP) is 2.76. The van der Waals surface area contributed by atoms with Gasteiger partial charge < -0.3 is 15.4 Å². The van der Waals surface area contributed by atoms with Crippen LogP contribution >= 0.6 is 35.6 Å². The number of rotatable bonds is 6. The SMILES string of the molecule is CNCCCNC(=O)c1cc(Cl)c(Cl)cc1OC.Cl. The van der Waals surface area contributed by atoms with Gasteiger partial charge in [0.25, 0.3) is 5.91 Å². The molecule has 1 aromatic rings. The van der Waals surface area contributed by atoms with Crippen molar-refractivity contribution in [3.63, 3.8) is 0 Å². The van der Waals surface area contributed by atoms with Gasteiger partial charge >= 0.3 is 0 Å². The van der Waals surface area contributed by atoms with E-state index in [4.69, 9.17) is 27.9 Å². The Morgan fingerprint density at radius 1 is 1.26 bits per heavy atom. The number of amides is 1. The van der Waals surface area contributed by atoms with Gasteiger partial charge in [-0.1, -0.05) is 23.2 Å². The van der Waals surface area contributed by atoms with Crippen molar-refractivity contribution in [3.8, 4) is 5.75 Å². The average molecular weight is 328 g/mol. The minimum Gasteiger partial charge on any atom is -0.496 e. The summed E-state index contributed by atoms with van der Waals surface area (Å²) in [5, 5.41) is 6.49. The van der Waals surface area contributed by atoms with Gasteiger partial charge in [-0.15, -0.1) is 12.4 Å². The molecule has 7 heteroatoms. The highest BCUT2D eigenvalue weighted by Gasteiger charge is 2.14. The highest BCUT2D eigenvalue weighted by atomic mass is 35.5. The van der Waals surface area contributed by atoms with Gasteiger partial charge in [0.1, 0.15) is 5.75 Å². The first-order chi connectivity index (χ1) is 8.60. The normalized spacial score (nSPS) is 9.68. The monoisotopic (exact) mass is 326 g/mol. The standard InChI is InChI=1S/C12H16Cl2N2O2.ClH/c1-15-4-3-5-16-12(17)8-6-9(13)10(14)7-11(8)18-2;/h6-7,15H,3-5H2,1-2H3,(H,16,17);1H. The summed E-state index contributed by atoms with van der Waals surface area (Å²) in [4.78, 5) is 11.9. The van der Waals surface area contributed by atoms with Crippen molar-refractivity contribution in [2.45, 2.75) is 6.42 Å². The van der Waals surface area contributed by atoms with Gasteiger partial charge in [-0.2, -0.15) is 0 Å². The summed E-state index contributed by atoms with van der Waals surface area (Å²) in [6.45, 7) is 1.43. The molecule has 0 heterocycles. The zero-order chi connectivity index (χ0) is 13.5. The van der Waals surface area contributed by atoms with E-state index in [-0.39, 0.29) is 18.3 Å². The summed E-state index contributed by atoms with van der Waals surface area (Å²) in [6, 6.07) is 3.04. The largest absolute Gasteiger partial charge is 0.496 e. The highest BCUT2D eigenvalue weighted by molar-refractivity contribution is 6.42. The first-order valence-corrected chi connectivity index (χ1v) is 6.31. The Hall–Kier alpha value is -0.680. The summed E-state index contributed by atoms with van der Waals surface area (Å²) in [6.07, 6.45) is 0.853. The Morgan fingerprint density at radius 3 is 2.47 bits per heavy atom. The number of hydrogen-bond acceptors (Lipinski definition) is 3. The van der Waals surface area contributed by atoms with E-state index in [2.05, 4.69) is 10.6 Å². The third kappa shape index (κ3) is 5.45. The van der Waals surface area contributed by atoms with Crippen molar-refractivity contribution in [2.24, 2.45) is 0 Å². The van der Waals surface area contributed by atoms with E-state index in [1.807, 2.05) is 7.05 Å². The van der Waals surface area contributed by atoms with Crippen LogP contribution in [0, 0.1) is 0 Å². The molecule has 19 heavy (non-hydrogen) atoms. The van der Waals surface area contributed by atoms with Gasteiger partial charge in [0.2, 0.25) is 0 Å². The lowest BCUT2D eigenvalue weighted by atomic mass is 10.2. The Balaban J connectivity index is 0.00000324. The van der Waals surface area contributed by atoms with Crippen LogP contribution in [0.1, 0.15) is 16.8 Å². The molecule has 0 unspecified atom stereocenters. The van der Waals surface area contributed by atoms with Crippen molar-refractivity contribution in [3.05, 3.63) is 27.7 Å². The fraction of sp³-hybridized carbons (Fsp3) is 0.417. The average Bonchev–Trinajstić information content (AvgIpc) is 2.37. The zero-order valence-electron chi connectivity index (χ0n) is 10.8. The quantitative estimate of drug-likeness (QED) is 0.790. The molecule has 4 nitrogen and oxygen atoms in total. The van der Waals surface area contributed by atoms with E-state index in [0.717, 1.165) is 13.0 Å². The molecule has 0 radical (unpaired) electrons. The zero-order valence-corrected chi connectivity index (χ0v) is 13.1. The van der Waals surface area contributed by atoms with Crippen molar-refractivity contribution >= 4 is 41.5 Å². The van der Waals surface area contributed by atoms with Gasteiger partial charge in [-0.3, -0.25) is 4.79 Å². The fourth-order valence-corrected chi connectivity index (χ4v) is 1.75. The van der Waals surface area contributed by atoms with Crippen LogP contribution in [0.15, 0.2) is 12.1 Å². The van der Waals surface area contributed by atoms with Crippen molar-refractivity contribution in [1.82, 2.24) is 10.6 Å². The Labute approximate surface area is 129 Å². The number of carbonyl (C=O) groups is 1. The Bertz CT molecular complexity index is 428. The molecule has 0 spiro atoms. The van der Waals surface area contributed by atoms with Gasteiger partial charge in [-0.05, 0) is 26.1 Å². The molecule has 0 aliphatic carbocycles. The van der Waals surface area contributed by atoms with Gasteiger partial charge in [-0.25, -0.2) is 0 Å². The number of nitrogens with one attached hydrogen (secondary N) is 2. The van der Waals surface area contributed by atoms with Crippen LogP contribution in [0.5, 0.6) is 5.75 Å². The summed E-state index contributed by atoms with van der Waals surface area (Å²) in [5.74, 6) is 0.192. The summed E-state index contributed by atoms with van der Waals surface area (Å²) < 4.78 is 5.11.